The van der Waals surface area contributed by atoms with E-state index in [0.717, 1.165) is 29.7 Å². The molecule has 3 nitrogen and oxygen atoms in total. The van der Waals surface area contributed by atoms with Gasteiger partial charge < -0.3 is 10.1 Å². The lowest BCUT2D eigenvalue weighted by atomic mass is 10.0. The highest BCUT2D eigenvalue weighted by Gasteiger charge is 2.18. The summed E-state index contributed by atoms with van der Waals surface area (Å²) in [5.41, 5.74) is 4.94. The second kappa shape index (κ2) is 8.33. The van der Waals surface area contributed by atoms with Gasteiger partial charge in [0.15, 0.2) is 6.61 Å². The van der Waals surface area contributed by atoms with Crippen molar-refractivity contribution < 1.29 is 9.53 Å². The van der Waals surface area contributed by atoms with Crippen molar-refractivity contribution >= 4 is 45.9 Å². The minimum Gasteiger partial charge on any atom is -0.484 e. The fourth-order valence-corrected chi connectivity index (χ4v) is 6.99. The molecule has 2 aliphatic rings. The molecule has 148 valence electrons. The summed E-state index contributed by atoms with van der Waals surface area (Å²) in [7, 11) is 0. The number of ether oxygens (including phenoxy) is 1. The van der Waals surface area contributed by atoms with Gasteiger partial charge in [0.1, 0.15) is 5.75 Å². The molecule has 5 heteroatoms. The fourth-order valence-electron chi connectivity index (χ4n) is 4.09. The Morgan fingerprint density at radius 3 is 2.52 bits per heavy atom. The number of carbonyl (C=O) groups is 1. The smallest absolute Gasteiger partial charge is 0.262 e. The lowest BCUT2D eigenvalue weighted by Crippen LogP contribution is -2.20. The van der Waals surface area contributed by atoms with Gasteiger partial charge in [-0.25, -0.2) is 0 Å². The number of benzene rings is 3. The Bertz CT molecular complexity index is 1030. The zero-order valence-corrected chi connectivity index (χ0v) is 17.8. The molecule has 0 unspecified atom stereocenters. The van der Waals surface area contributed by atoms with Crippen molar-refractivity contribution in [3.05, 3.63) is 71.3 Å². The minimum absolute atomic E-state index is 0.00914. The number of amides is 1. The van der Waals surface area contributed by atoms with Crippen molar-refractivity contribution in [3.8, 4) is 5.75 Å². The quantitative estimate of drug-likeness (QED) is 0.563. The van der Waals surface area contributed by atoms with Gasteiger partial charge in [-0.1, -0.05) is 36.4 Å². The lowest BCUT2D eigenvalue weighted by molar-refractivity contribution is -0.118. The Kier molecular flexibility index (Phi) is 5.42. The molecule has 1 aliphatic carbocycles. The molecular formula is C24H23NO2S2. The van der Waals surface area contributed by atoms with E-state index in [1.807, 2.05) is 41.7 Å². The van der Waals surface area contributed by atoms with Gasteiger partial charge in [0.05, 0.1) is 4.58 Å². The second-order valence-corrected chi connectivity index (χ2v) is 10.2. The minimum atomic E-state index is -0.133. The molecule has 3 aromatic carbocycles. The molecule has 0 spiro atoms. The Hall–Kier alpha value is -2.11. The van der Waals surface area contributed by atoms with Crippen molar-refractivity contribution in [2.24, 2.45) is 0 Å². The summed E-state index contributed by atoms with van der Waals surface area (Å²) in [5, 5.41) is 5.46. The number of thioether (sulfide) groups is 2. The summed E-state index contributed by atoms with van der Waals surface area (Å²) < 4.78 is 6.25. The molecule has 3 aromatic rings. The van der Waals surface area contributed by atoms with Gasteiger partial charge in [0.2, 0.25) is 0 Å². The highest BCUT2D eigenvalue weighted by atomic mass is 32.2. The lowest BCUT2D eigenvalue weighted by Gasteiger charge is -2.21. The zero-order valence-electron chi connectivity index (χ0n) is 16.1. The highest BCUT2D eigenvalue weighted by molar-refractivity contribution is 8.16. The van der Waals surface area contributed by atoms with E-state index >= 15 is 0 Å². The van der Waals surface area contributed by atoms with Gasteiger partial charge in [0.25, 0.3) is 5.91 Å². The summed E-state index contributed by atoms with van der Waals surface area (Å²) in [6.07, 6.45) is 3.46. The topological polar surface area (TPSA) is 38.3 Å². The average molecular weight is 422 g/mol. The van der Waals surface area contributed by atoms with Gasteiger partial charge in [-0.2, -0.15) is 0 Å². The van der Waals surface area contributed by atoms with Crippen LogP contribution in [0.3, 0.4) is 0 Å². The number of aryl methyl sites for hydroxylation is 2. The predicted octanol–water partition coefficient (Wildman–Crippen LogP) is 5.82. The van der Waals surface area contributed by atoms with Gasteiger partial charge in [0, 0.05) is 11.1 Å². The van der Waals surface area contributed by atoms with Crippen molar-refractivity contribution in [1.29, 1.82) is 0 Å². The van der Waals surface area contributed by atoms with Crippen LogP contribution >= 0.6 is 23.5 Å². The monoisotopic (exact) mass is 421 g/mol. The van der Waals surface area contributed by atoms with Crippen LogP contribution in [0.25, 0.3) is 10.8 Å². The molecular weight excluding hydrogens is 398 g/mol. The maximum atomic E-state index is 12.5. The molecule has 1 amide bonds. The molecule has 0 aromatic heterocycles. The molecule has 0 atom stereocenters. The van der Waals surface area contributed by atoms with Crippen molar-refractivity contribution in [3.63, 3.8) is 0 Å². The van der Waals surface area contributed by atoms with E-state index < -0.39 is 0 Å². The molecule has 29 heavy (non-hydrogen) atoms. The first-order chi connectivity index (χ1) is 14.3. The van der Waals surface area contributed by atoms with Crippen LogP contribution in [0.4, 0.5) is 5.69 Å². The van der Waals surface area contributed by atoms with Crippen LogP contribution in [-0.2, 0) is 17.6 Å². The summed E-state index contributed by atoms with van der Waals surface area (Å²) in [4.78, 5) is 12.5. The molecule has 0 bridgehead atoms. The van der Waals surface area contributed by atoms with Crippen LogP contribution in [0, 0.1) is 0 Å². The summed E-state index contributed by atoms with van der Waals surface area (Å²) in [5.74, 6) is 3.06. The first kappa shape index (κ1) is 18.9. The standard InChI is InChI=1S/C24H23NO2S2/c26-22(15-27-19-10-7-18(8-11-19)24-28-13-2-14-29-24)25-21-12-9-17-6-5-16-3-1-4-20(21)23(16)17/h1,3-4,7-12,24H,2,5-6,13-15H2,(H,25,26). The Morgan fingerprint density at radius 1 is 0.966 bits per heavy atom. The van der Waals surface area contributed by atoms with E-state index in [-0.39, 0.29) is 12.5 Å². The van der Waals surface area contributed by atoms with Crippen LogP contribution in [0.5, 0.6) is 5.75 Å². The predicted molar refractivity (Wildman–Crippen MR) is 124 cm³/mol. The van der Waals surface area contributed by atoms with Crippen LogP contribution in [-0.4, -0.2) is 24.0 Å². The van der Waals surface area contributed by atoms with E-state index in [1.54, 1.807) is 0 Å². The Balaban J connectivity index is 1.22. The van der Waals surface area contributed by atoms with E-state index in [2.05, 4.69) is 41.7 Å². The number of nitrogens with one attached hydrogen (secondary N) is 1. The largest absolute Gasteiger partial charge is 0.484 e. The molecule has 0 saturated carbocycles. The van der Waals surface area contributed by atoms with Gasteiger partial charge >= 0.3 is 0 Å². The van der Waals surface area contributed by atoms with Gasteiger partial charge in [-0.05, 0) is 71.0 Å². The number of hydrogen-bond acceptors (Lipinski definition) is 4. The van der Waals surface area contributed by atoms with Crippen molar-refractivity contribution in [1.82, 2.24) is 0 Å². The molecule has 1 N–H and O–H groups in total. The maximum absolute atomic E-state index is 12.5. The fraction of sp³-hybridized carbons (Fsp3) is 0.292. The zero-order chi connectivity index (χ0) is 19.6. The number of rotatable bonds is 5. The molecule has 1 heterocycles. The molecule has 1 aliphatic heterocycles. The summed E-state index contributed by atoms with van der Waals surface area (Å²) in [6.45, 7) is 0.00914. The maximum Gasteiger partial charge on any atom is 0.262 e. The third-order valence-corrected chi connectivity index (χ3v) is 8.52. The van der Waals surface area contributed by atoms with Crippen LogP contribution < -0.4 is 10.1 Å². The van der Waals surface area contributed by atoms with Crippen molar-refractivity contribution in [2.75, 3.05) is 23.4 Å². The highest BCUT2D eigenvalue weighted by Crippen LogP contribution is 2.43. The third kappa shape index (κ3) is 3.99. The number of anilines is 1. The number of hydrogen-bond donors (Lipinski definition) is 1. The van der Waals surface area contributed by atoms with Crippen LogP contribution in [0.15, 0.2) is 54.6 Å². The van der Waals surface area contributed by atoms with Crippen LogP contribution in [0.1, 0.15) is 27.7 Å². The second-order valence-electron chi connectivity index (χ2n) is 7.44. The Morgan fingerprint density at radius 2 is 1.72 bits per heavy atom. The molecule has 1 saturated heterocycles. The SMILES string of the molecule is O=C(COc1ccc(C2SCCCS2)cc1)Nc1ccc2c3c(cccc13)CC2. The van der Waals surface area contributed by atoms with Crippen LogP contribution in [0.2, 0.25) is 0 Å². The first-order valence-corrected chi connectivity index (χ1v) is 12.2. The molecule has 0 radical (unpaired) electrons. The van der Waals surface area contributed by atoms with E-state index in [1.165, 1.54) is 40.0 Å². The van der Waals surface area contributed by atoms with E-state index in [0.29, 0.717) is 4.58 Å². The Labute approximate surface area is 179 Å². The molecule has 5 rings (SSSR count). The normalized spacial score (nSPS) is 16.1. The van der Waals surface area contributed by atoms with Gasteiger partial charge in [-0.15, -0.1) is 23.5 Å². The van der Waals surface area contributed by atoms with Crippen molar-refractivity contribution in [2.45, 2.75) is 23.8 Å². The average Bonchev–Trinajstić information content (AvgIpc) is 3.20. The first-order valence-electron chi connectivity index (χ1n) is 10.1. The van der Waals surface area contributed by atoms with E-state index in [9.17, 15) is 4.79 Å². The number of carbonyl (C=O) groups excluding carboxylic acids is 1. The summed E-state index contributed by atoms with van der Waals surface area (Å²) in [6, 6.07) is 18.7. The summed E-state index contributed by atoms with van der Waals surface area (Å²) >= 11 is 4.01. The van der Waals surface area contributed by atoms with Gasteiger partial charge in [-0.3, -0.25) is 4.79 Å². The van der Waals surface area contributed by atoms with E-state index in [4.69, 9.17) is 4.74 Å². The third-order valence-electron chi connectivity index (χ3n) is 5.50. The molecule has 1 fully saturated rings.